The van der Waals surface area contributed by atoms with Crippen molar-refractivity contribution in [2.75, 3.05) is 0 Å². The lowest BCUT2D eigenvalue weighted by Crippen LogP contribution is -2.13. The van der Waals surface area contributed by atoms with E-state index in [1.807, 2.05) is 0 Å². The lowest BCUT2D eigenvalue weighted by atomic mass is 10.3. The van der Waals surface area contributed by atoms with Crippen LogP contribution in [-0.4, -0.2) is 12.1 Å². The highest BCUT2D eigenvalue weighted by Crippen LogP contribution is 2.06. The molecule has 0 N–H and O–H groups in total. The smallest absolute Gasteiger partial charge is 0.349 e. The van der Waals surface area contributed by atoms with Crippen LogP contribution in [0.2, 0.25) is 0 Å². The first kappa shape index (κ1) is 8.28. The molecule has 3 heteroatoms. The normalized spacial score (nSPS) is 14.2. The first-order valence-corrected chi connectivity index (χ1v) is 3.39. The number of allylic oxidation sites excluding steroid dienone is 2. The van der Waals surface area contributed by atoms with Gasteiger partial charge in [0.2, 0.25) is 0 Å². The minimum atomic E-state index is -0.668. The van der Waals surface area contributed by atoms with Crippen molar-refractivity contribution >= 4 is 5.97 Å². The first-order valence-electron chi connectivity index (χ1n) is 3.39. The van der Waals surface area contributed by atoms with Crippen molar-refractivity contribution in [3.63, 3.8) is 0 Å². The molecule has 1 rings (SSSR count). The third-order valence-corrected chi connectivity index (χ3v) is 1.34. The Morgan fingerprint density at radius 3 is 2.58 bits per heavy atom. The second-order valence-electron chi connectivity index (χ2n) is 2.23. The van der Waals surface area contributed by atoms with Crippen LogP contribution >= 0.6 is 0 Å². The van der Waals surface area contributed by atoms with Crippen LogP contribution in [0.4, 0.5) is 0 Å². The molecule has 1 aliphatic carbocycles. The van der Waals surface area contributed by atoms with Gasteiger partial charge in [-0.05, 0) is 12.2 Å². The number of esters is 1. The summed E-state index contributed by atoms with van der Waals surface area (Å²) < 4.78 is 4.83. The third kappa shape index (κ3) is 1.83. The van der Waals surface area contributed by atoms with Crippen LogP contribution in [0.3, 0.4) is 0 Å². The van der Waals surface area contributed by atoms with Gasteiger partial charge in [-0.15, -0.1) is 0 Å². The molecule has 0 aromatic carbocycles. The molecular weight excluding hydrogens is 154 g/mol. The highest BCUT2D eigenvalue weighted by molar-refractivity contribution is 5.92. The summed E-state index contributed by atoms with van der Waals surface area (Å²) >= 11 is 0. The summed E-state index contributed by atoms with van der Waals surface area (Å²) in [5, 5.41) is 8.29. The molecule has 0 radical (unpaired) electrons. The van der Waals surface area contributed by atoms with Gasteiger partial charge in [0.1, 0.15) is 17.7 Å². The molecule has 0 spiro atoms. The van der Waals surface area contributed by atoms with Crippen molar-refractivity contribution < 1.29 is 9.53 Å². The number of nitrogens with zero attached hydrogens (tertiary/aromatic N) is 1. The summed E-state index contributed by atoms with van der Waals surface area (Å²) in [7, 11) is 0. The monoisotopic (exact) mass is 161 g/mol. The summed E-state index contributed by atoms with van der Waals surface area (Å²) in [5.74, 6) is -0.668. The predicted octanol–water partition coefficient (Wildman–Crippen LogP) is 1.10. The molecule has 0 fully saturated rings. The van der Waals surface area contributed by atoms with Crippen molar-refractivity contribution in [2.24, 2.45) is 0 Å². The maximum Gasteiger partial charge on any atom is 0.349 e. The molecule has 0 aromatic rings. The Kier molecular flexibility index (Phi) is 2.44. The molecule has 0 aromatic heterocycles. The Morgan fingerprint density at radius 1 is 1.50 bits per heavy atom. The summed E-state index contributed by atoms with van der Waals surface area (Å²) in [5.41, 5.74) is -0.177. The van der Waals surface area contributed by atoms with E-state index >= 15 is 0 Å². The zero-order chi connectivity index (χ0) is 8.97. The zero-order valence-electron chi connectivity index (χ0n) is 6.36. The Morgan fingerprint density at radius 2 is 2.08 bits per heavy atom. The van der Waals surface area contributed by atoms with Gasteiger partial charge in [-0.3, -0.25) is 0 Å². The molecule has 1 aliphatic rings. The van der Waals surface area contributed by atoms with Crippen molar-refractivity contribution in [1.29, 1.82) is 5.26 Å². The fourth-order valence-electron chi connectivity index (χ4n) is 0.730. The largest absolute Gasteiger partial charge is 0.450 e. The molecule has 0 amide bonds. The van der Waals surface area contributed by atoms with E-state index in [4.69, 9.17) is 10.00 Å². The van der Waals surface area contributed by atoms with Crippen LogP contribution in [-0.2, 0) is 9.53 Å². The van der Waals surface area contributed by atoms with Gasteiger partial charge in [0.05, 0.1) is 0 Å². The molecule has 3 nitrogen and oxygen atoms in total. The van der Waals surface area contributed by atoms with E-state index in [0.29, 0.717) is 0 Å². The van der Waals surface area contributed by atoms with Gasteiger partial charge < -0.3 is 4.74 Å². The summed E-state index contributed by atoms with van der Waals surface area (Å²) in [6.45, 7) is 3.23. The van der Waals surface area contributed by atoms with Gasteiger partial charge in [0.15, 0.2) is 0 Å². The van der Waals surface area contributed by atoms with E-state index < -0.39 is 5.97 Å². The number of hydrogen-bond donors (Lipinski definition) is 0. The molecule has 0 atom stereocenters. The van der Waals surface area contributed by atoms with Crippen molar-refractivity contribution in [3.05, 3.63) is 36.5 Å². The number of carbonyl (C=O) groups excluding carboxylic acids is 1. The number of hydrogen-bond acceptors (Lipinski definition) is 3. The van der Waals surface area contributed by atoms with Crippen LogP contribution in [0.25, 0.3) is 0 Å². The van der Waals surface area contributed by atoms with E-state index in [1.54, 1.807) is 30.4 Å². The molecular formula is C9H7NO2. The Bertz CT molecular complexity index is 295. The Balaban J connectivity index is 2.48. The van der Waals surface area contributed by atoms with Crippen molar-refractivity contribution in [3.8, 4) is 6.07 Å². The second-order valence-corrected chi connectivity index (χ2v) is 2.23. The molecule has 0 saturated carbocycles. The van der Waals surface area contributed by atoms with Crippen LogP contribution in [0.5, 0.6) is 0 Å². The molecule has 0 unspecified atom stereocenters. The van der Waals surface area contributed by atoms with E-state index in [-0.39, 0.29) is 11.7 Å². The van der Waals surface area contributed by atoms with Crippen LogP contribution < -0.4 is 0 Å². The van der Waals surface area contributed by atoms with Crippen molar-refractivity contribution in [2.45, 2.75) is 6.10 Å². The van der Waals surface area contributed by atoms with Gasteiger partial charge >= 0.3 is 5.97 Å². The highest BCUT2D eigenvalue weighted by atomic mass is 16.5. The van der Waals surface area contributed by atoms with Crippen molar-refractivity contribution in [1.82, 2.24) is 0 Å². The Labute approximate surface area is 70.3 Å². The average molecular weight is 161 g/mol. The van der Waals surface area contributed by atoms with E-state index in [1.165, 1.54) is 0 Å². The fraction of sp³-hybridized carbons (Fsp3) is 0.111. The van der Waals surface area contributed by atoms with Gasteiger partial charge in [-0.2, -0.15) is 5.26 Å². The third-order valence-electron chi connectivity index (χ3n) is 1.34. The van der Waals surface area contributed by atoms with Gasteiger partial charge in [-0.25, -0.2) is 4.79 Å². The molecule has 0 aliphatic heterocycles. The quantitative estimate of drug-likeness (QED) is 0.346. The fourth-order valence-corrected chi connectivity index (χ4v) is 0.730. The lowest BCUT2D eigenvalue weighted by molar-refractivity contribution is -0.139. The highest BCUT2D eigenvalue weighted by Gasteiger charge is 2.12. The summed E-state index contributed by atoms with van der Waals surface area (Å²) in [6, 6.07) is 1.62. The van der Waals surface area contributed by atoms with Crippen LogP contribution in [0, 0.1) is 11.3 Å². The zero-order valence-corrected chi connectivity index (χ0v) is 6.36. The van der Waals surface area contributed by atoms with Gasteiger partial charge in [0.25, 0.3) is 0 Å². The molecule has 60 valence electrons. The summed E-state index contributed by atoms with van der Waals surface area (Å²) in [4.78, 5) is 10.9. The standard InChI is InChI=1S/C9H7NO2/c1-7(6-10)9(11)12-8-4-2-3-5-8/h2-5,8H,1H2. The molecule has 0 heterocycles. The minimum absolute atomic E-state index is 0.177. The summed E-state index contributed by atoms with van der Waals surface area (Å²) in [6.07, 6.45) is 6.62. The van der Waals surface area contributed by atoms with E-state index in [9.17, 15) is 4.79 Å². The lowest BCUT2D eigenvalue weighted by Gasteiger charge is -2.05. The maximum atomic E-state index is 10.9. The molecule has 12 heavy (non-hydrogen) atoms. The predicted molar refractivity (Wildman–Crippen MR) is 42.9 cm³/mol. The Hall–Kier alpha value is -1.82. The SMILES string of the molecule is C=C(C#N)C(=O)OC1C=CC=C1. The van der Waals surface area contributed by atoms with E-state index in [0.717, 1.165) is 0 Å². The topological polar surface area (TPSA) is 50.1 Å². The van der Waals surface area contributed by atoms with Gasteiger partial charge in [-0.1, -0.05) is 18.7 Å². The van der Waals surface area contributed by atoms with E-state index in [2.05, 4.69) is 6.58 Å². The maximum absolute atomic E-state index is 10.9. The average Bonchev–Trinajstić information content (AvgIpc) is 2.55. The number of rotatable bonds is 2. The second kappa shape index (κ2) is 3.54. The minimum Gasteiger partial charge on any atom is -0.450 e. The number of carbonyl (C=O) groups is 1. The first-order chi connectivity index (χ1) is 5.74. The number of nitriles is 1. The van der Waals surface area contributed by atoms with Crippen LogP contribution in [0.1, 0.15) is 0 Å². The van der Waals surface area contributed by atoms with Gasteiger partial charge in [0, 0.05) is 0 Å². The van der Waals surface area contributed by atoms with Crippen LogP contribution in [0.15, 0.2) is 36.5 Å². The molecule has 0 saturated heterocycles. The molecule has 0 bridgehead atoms. The number of ether oxygens (including phenoxy) is 1.